The fourth-order valence-electron chi connectivity index (χ4n) is 0.878. The summed E-state index contributed by atoms with van der Waals surface area (Å²) >= 11 is 0. The van der Waals surface area contributed by atoms with Crippen LogP contribution in [-0.2, 0) is 0 Å². The van der Waals surface area contributed by atoms with Gasteiger partial charge in [0.1, 0.15) is 5.69 Å². The van der Waals surface area contributed by atoms with E-state index in [4.69, 9.17) is 5.11 Å². The highest BCUT2D eigenvalue weighted by Gasteiger charge is 2.05. The SMILES string of the molecule is Cc1cc(C(=O)O)cc(C=O)n1. The van der Waals surface area contributed by atoms with Crippen molar-refractivity contribution in [3.63, 3.8) is 0 Å². The lowest BCUT2D eigenvalue weighted by atomic mass is 10.2. The molecule has 1 N–H and O–H groups in total. The second-order valence-corrected chi connectivity index (χ2v) is 2.35. The first-order chi connectivity index (χ1) is 5.63. The Balaban J connectivity index is 3.23. The third kappa shape index (κ3) is 1.66. The van der Waals surface area contributed by atoms with Gasteiger partial charge in [-0.1, -0.05) is 0 Å². The van der Waals surface area contributed by atoms with Gasteiger partial charge in [0.2, 0.25) is 0 Å². The van der Waals surface area contributed by atoms with Crippen molar-refractivity contribution in [2.45, 2.75) is 6.92 Å². The summed E-state index contributed by atoms with van der Waals surface area (Å²) in [6.45, 7) is 1.64. The number of hydrogen-bond donors (Lipinski definition) is 1. The fourth-order valence-corrected chi connectivity index (χ4v) is 0.878. The number of aryl methyl sites for hydroxylation is 1. The molecule has 0 bridgehead atoms. The Morgan fingerprint density at radius 3 is 2.75 bits per heavy atom. The highest BCUT2D eigenvalue weighted by atomic mass is 16.4. The number of hydrogen-bond acceptors (Lipinski definition) is 3. The lowest BCUT2D eigenvalue weighted by Gasteiger charge is -1.97. The van der Waals surface area contributed by atoms with Gasteiger partial charge in [-0.15, -0.1) is 0 Å². The van der Waals surface area contributed by atoms with Crippen molar-refractivity contribution < 1.29 is 14.7 Å². The monoisotopic (exact) mass is 165 g/mol. The summed E-state index contributed by atoms with van der Waals surface area (Å²) in [6.07, 6.45) is 0.527. The molecule has 0 amide bonds. The third-order valence-electron chi connectivity index (χ3n) is 1.34. The van der Waals surface area contributed by atoms with E-state index >= 15 is 0 Å². The third-order valence-corrected chi connectivity index (χ3v) is 1.34. The number of aldehydes is 1. The van der Waals surface area contributed by atoms with Crippen molar-refractivity contribution in [2.75, 3.05) is 0 Å². The standard InChI is InChI=1S/C8H7NO3/c1-5-2-6(8(11)12)3-7(4-10)9-5/h2-4H,1H3,(H,11,12). The molecule has 0 fully saturated rings. The van der Waals surface area contributed by atoms with Crippen LogP contribution < -0.4 is 0 Å². The van der Waals surface area contributed by atoms with Gasteiger partial charge in [-0.05, 0) is 19.1 Å². The fraction of sp³-hybridized carbons (Fsp3) is 0.125. The molecule has 0 saturated heterocycles. The summed E-state index contributed by atoms with van der Waals surface area (Å²) in [7, 11) is 0. The maximum Gasteiger partial charge on any atom is 0.335 e. The summed E-state index contributed by atoms with van der Waals surface area (Å²) in [4.78, 5) is 24.6. The Labute approximate surface area is 68.9 Å². The molecule has 0 aliphatic heterocycles. The van der Waals surface area contributed by atoms with E-state index in [2.05, 4.69) is 4.98 Å². The van der Waals surface area contributed by atoms with E-state index in [0.29, 0.717) is 12.0 Å². The summed E-state index contributed by atoms with van der Waals surface area (Å²) in [6, 6.07) is 2.65. The molecule has 0 unspecified atom stereocenters. The molecule has 4 heteroatoms. The molecule has 0 radical (unpaired) electrons. The molecular weight excluding hydrogens is 158 g/mol. The number of rotatable bonds is 2. The van der Waals surface area contributed by atoms with E-state index in [1.807, 2.05) is 0 Å². The van der Waals surface area contributed by atoms with E-state index in [-0.39, 0.29) is 11.3 Å². The van der Waals surface area contributed by atoms with Gasteiger partial charge in [-0.3, -0.25) is 9.78 Å². The quantitative estimate of drug-likeness (QED) is 0.661. The molecular formula is C8H7NO3. The lowest BCUT2D eigenvalue weighted by molar-refractivity contribution is 0.0696. The number of carboxylic acids is 1. The van der Waals surface area contributed by atoms with Crippen LogP contribution in [0.1, 0.15) is 26.5 Å². The molecule has 0 aliphatic carbocycles. The van der Waals surface area contributed by atoms with Gasteiger partial charge in [0, 0.05) is 5.69 Å². The largest absolute Gasteiger partial charge is 0.478 e. The predicted molar refractivity (Wildman–Crippen MR) is 41.3 cm³/mol. The van der Waals surface area contributed by atoms with Gasteiger partial charge in [-0.2, -0.15) is 0 Å². The average Bonchev–Trinajstić information content (AvgIpc) is 2.03. The van der Waals surface area contributed by atoms with Crippen LogP contribution in [-0.4, -0.2) is 22.3 Å². The van der Waals surface area contributed by atoms with Crippen LogP contribution in [0.25, 0.3) is 0 Å². The van der Waals surface area contributed by atoms with Crippen LogP contribution in [0.2, 0.25) is 0 Å². The van der Waals surface area contributed by atoms with E-state index < -0.39 is 5.97 Å². The first-order valence-electron chi connectivity index (χ1n) is 3.30. The number of pyridine rings is 1. The minimum absolute atomic E-state index is 0.0876. The van der Waals surface area contributed by atoms with Crippen molar-refractivity contribution >= 4 is 12.3 Å². The van der Waals surface area contributed by atoms with Gasteiger partial charge in [0.25, 0.3) is 0 Å². The van der Waals surface area contributed by atoms with Crippen molar-refractivity contribution in [1.29, 1.82) is 0 Å². The zero-order valence-corrected chi connectivity index (χ0v) is 6.44. The molecule has 0 spiro atoms. The Hall–Kier alpha value is -1.71. The van der Waals surface area contributed by atoms with Crippen LogP contribution in [0, 0.1) is 6.92 Å². The number of nitrogens with zero attached hydrogens (tertiary/aromatic N) is 1. The van der Waals surface area contributed by atoms with Crippen molar-refractivity contribution in [3.05, 3.63) is 29.1 Å². The molecule has 1 aromatic heterocycles. The van der Waals surface area contributed by atoms with Gasteiger partial charge in [0.05, 0.1) is 5.56 Å². The summed E-state index contributed by atoms with van der Waals surface area (Å²) in [5.74, 6) is -1.05. The van der Waals surface area contributed by atoms with E-state index in [1.165, 1.54) is 12.1 Å². The van der Waals surface area contributed by atoms with Crippen LogP contribution in [0.3, 0.4) is 0 Å². The zero-order valence-electron chi connectivity index (χ0n) is 6.44. The maximum absolute atomic E-state index is 10.5. The number of carbonyl (C=O) groups is 2. The minimum atomic E-state index is -1.05. The molecule has 0 aliphatic rings. The van der Waals surface area contributed by atoms with Crippen LogP contribution >= 0.6 is 0 Å². The molecule has 1 rings (SSSR count). The van der Waals surface area contributed by atoms with Gasteiger partial charge in [0.15, 0.2) is 6.29 Å². The van der Waals surface area contributed by atoms with Crippen LogP contribution in [0.5, 0.6) is 0 Å². The highest BCUT2D eigenvalue weighted by Crippen LogP contribution is 2.03. The van der Waals surface area contributed by atoms with Crippen molar-refractivity contribution in [2.24, 2.45) is 0 Å². The predicted octanol–water partition coefficient (Wildman–Crippen LogP) is 0.901. The number of aromatic nitrogens is 1. The van der Waals surface area contributed by atoms with Crippen LogP contribution in [0.4, 0.5) is 0 Å². The van der Waals surface area contributed by atoms with E-state index in [0.717, 1.165) is 0 Å². The number of carbonyl (C=O) groups excluding carboxylic acids is 1. The molecule has 1 aromatic rings. The Morgan fingerprint density at radius 1 is 1.58 bits per heavy atom. The lowest BCUT2D eigenvalue weighted by Crippen LogP contribution is -2.00. The first-order valence-corrected chi connectivity index (χ1v) is 3.30. The highest BCUT2D eigenvalue weighted by molar-refractivity contribution is 5.89. The normalized spacial score (nSPS) is 9.42. The molecule has 12 heavy (non-hydrogen) atoms. The second-order valence-electron chi connectivity index (χ2n) is 2.35. The summed E-state index contributed by atoms with van der Waals surface area (Å²) < 4.78 is 0. The Morgan fingerprint density at radius 2 is 2.25 bits per heavy atom. The minimum Gasteiger partial charge on any atom is -0.478 e. The van der Waals surface area contributed by atoms with Crippen molar-refractivity contribution in [1.82, 2.24) is 4.98 Å². The number of carboxylic acid groups (broad SMARTS) is 1. The van der Waals surface area contributed by atoms with Gasteiger partial charge >= 0.3 is 5.97 Å². The zero-order chi connectivity index (χ0) is 9.14. The average molecular weight is 165 g/mol. The van der Waals surface area contributed by atoms with Gasteiger partial charge < -0.3 is 5.11 Å². The molecule has 4 nitrogen and oxygen atoms in total. The Bertz CT molecular complexity index is 333. The molecule has 62 valence electrons. The molecule has 0 atom stereocenters. The van der Waals surface area contributed by atoms with E-state index in [1.54, 1.807) is 6.92 Å². The Kier molecular flexibility index (Phi) is 2.19. The molecule has 0 saturated carbocycles. The molecule has 0 aromatic carbocycles. The summed E-state index contributed by atoms with van der Waals surface area (Å²) in [5.41, 5.74) is 0.758. The van der Waals surface area contributed by atoms with Crippen LogP contribution in [0.15, 0.2) is 12.1 Å². The maximum atomic E-state index is 10.5. The second kappa shape index (κ2) is 3.13. The smallest absolute Gasteiger partial charge is 0.335 e. The number of aromatic carboxylic acids is 1. The van der Waals surface area contributed by atoms with Gasteiger partial charge in [-0.25, -0.2) is 4.79 Å². The first kappa shape index (κ1) is 8.39. The topological polar surface area (TPSA) is 67.3 Å². The molecule has 1 heterocycles. The van der Waals surface area contributed by atoms with E-state index in [9.17, 15) is 9.59 Å². The van der Waals surface area contributed by atoms with Crippen molar-refractivity contribution in [3.8, 4) is 0 Å². The summed E-state index contributed by atoms with van der Waals surface area (Å²) in [5, 5.41) is 8.59.